The van der Waals surface area contributed by atoms with Crippen LogP contribution in [0.3, 0.4) is 0 Å². The molecule has 0 unspecified atom stereocenters. The van der Waals surface area contributed by atoms with Gasteiger partial charge in [-0.05, 0) is 86.0 Å². The third-order valence-electron chi connectivity index (χ3n) is 12.8. The minimum atomic E-state index is -1.52. The maximum Gasteiger partial charge on any atom is 0.319 e. The zero-order valence-electron chi connectivity index (χ0n) is 25.2. The quantitative estimate of drug-likeness (QED) is 0.329. The van der Waals surface area contributed by atoms with Crippen LogP contribution >= 0.6 is 0 Å². The number of nitrogens with zero attached hydrogens (tertiary/aromatic N) is 1. The van der Waals surface area contributed by atoms with Crippen molar-refractivity contribution in [1.82, 2.24) is 0 Å². The average Bonchev–Trinajstić information content (AvgIpc) is 2.90. The zero-order chi connectivity index (χ0) is 29.7. The monoisotopic (exact) mass is 549 g/mol. The molecule has 0 aromatic carbocycles. The van der Waals surface area contributed by atoms with E-state index in [0.29, 0.717) is 25.7 Å². The van der Waals surface area contributed by atoms with Crippen molar-refractivity contribution in [2.45, 2.75) is 86.5 Å². The number of rotatable bonds is 2. The van der Waals surface area contributed by atoms with Crippen LogP contribution in [0.2, 0.25) is 0 Å². The molecule has 40 heavy (non-hydrogen) atoms. The van der Waals surface area contributed by atoms with Crippen molar-refractivity contribution >= 4 is 23.5 Å². The van der Waals surface area contributed by atoms with E-state index in [-0.39, 0.29) is 34.6 Å². The first-order valence-corrected chi connectivity index (χ1v) is 14.6. The largest absolute Gasteiger partial charge is 0.469 e. The fourth-order valence-electron chi connectivity index (χ4n) is 10.3. The molecule has 3 saturated carbocycles. The highest BCUT2D eigenvalue weighted by Gasteiger charge is 2.72. The van der Waals surface area contributed by atoms with Crippen LogP contribution in [0.5, 0.6) is 0 Å². The molecular weight excluding hydrogens is 506 g/mol. The molecule has 0 aliphatic heterocycles. The Hall–Kier alpha value is -2.75. The number of esters is 2. The molecule has 0 amide bonds. The first-order valence-electron chi connectivity index (χ1n) is 14.6. The Morgan fingerprint density at radius 3 is 2.15 bits per heavy atom. The standard InChI is InChI=1S/C33H43NO6/c1-28(2)11-13-33(27(38)40-8)14-12-31(5)24(20(33)17-28)21(35)15-23-29(3)16-19(18-34)25(36)32(6,26(37)39-7)22(29)9-10-30(23,31)4/h15-16,20,22,24H,9-14,17H2,1-8H3/t20-,22+,24-,29-,30+,31+,32+,33-/m0/s1. The Bertz CT molecular complexity index is 1320. The van der Waals surface area contributed by atoms with Crippen molar-refractivity contribution in [3.05, 3.63) is 23.3 Å². The van der Waals surface area contributed by atoms with Gasteiger partial charge in [0, 0.05) is 11.3 Å². The highest BCUT2D eigenvalue weighted by atomic mass is 16.5. The first-order chi connectivity index (χ1) is 18.5. The molecule has 5 aliphatic rings. The van der Waals surface area contributed by atoms with Gasteiger partial charge >= 0.3 is 11.9 Å². The molecule has 7 nitrogen and oxygen atoms in total. The summed E-state index contributed by atoms with van der Waals surface area (Å²) < 4.78 is 10.5. The molecule has 0 aromatic rings. The predicted molar refractivity (Wildman–Crippen MR) is 147 cm³/mol. The van der Waals surface area contributed by atoms with Gasteiger partial charge in [0.05, 0.1) is 25.2 Å². The van der Waals surface area contributed by atoms with Crippen LogP contribution in [-0.2, 0) is 28.7 Å². The van der Waals surface area contributed by atoms with Gasteiger partial charge in [-0.3, -0.25) is 19.2 Å². The molecular formula is C33H43NO6. The number of hydrogen-bond donors (Lipinski definition) is 0. The van der Waals surface area contributed by atoms with E-state index in [4.69, 9.17) is 9.47 Å². The smallest absolute Gasteiger partial charge is 0.319 e. The number of allylic oxidation sites excluding steroid dienone is 4. The molecule has 5 rings (SSSR count). The van der Waals surface area contributed by atoms with E-state index in [1.54, 1.807) is 19.1 Å². The predicted octanol–water partition coefficient (Wildman–Crippen LogP) is 5.53. The second-order valence-corrected chi connectivity index (χ2v) is 14.9. The summed E-state index contributed by atoms with van der Waals surface area (Å²) in [4.78, 5) is 54.6. The third kappa shape index (κ3) is 3.28. The number of Topliss-reactive ketones (excluding diaryl/α,β-unsaturated/α-hetero) is 1. The molecule has 8 atom stereocenters. The van der Waals surface area contributed by atoms with Crippen molar-refractivity contribution in [2.75, 3.05) is 14.2 Å². The van der Waals surface area contributed by atoms with Crippen molar-refractivity contribution in [3.63, 3.8) is 0 Å². The van der Waals surface area contributed by atoms with Gasteiger partial charge in [0.15, 0.2) is 11.6 Å². The molecule has 0 heterocycles. The molecule has 0 aromatic heterocycles. The van der Waals surface area contributed by atoms with E-state index in [2.05, 4.69) is 27.7 Å². The van der Waals surface area contributed by atoms with Crippen LogP contribution in [0.15, 0.2) is 23.3 Å². The Kier molecular flexibility index (Phi) is 6.21. The maximum atomic E-state index is 14.5. The van der Waals surface area contributed by atoms with Crippen LogP contribution < -0.4 is 0 Å². The summed E-state index contributed by atoms with van der Waals surface area (Å²) in [6.07, 6.45) is 8.53. The molecule has 0 radical (unpaired) electrons. The van der Waals surface area contributed by atoms with E-state index in [0.717, 1.165) is 24.8 Å². The average molecular weight is 550 g/mol. The Morgan fingerprint density at radius 1 is 0.925 bits per heavy atom. The second-order valence-electron chi connectivity index (χ2n) is 14.9. The van der Waals surface area contributed by atoms with Gasteiger partial charge in [0.25, 0.3) is 0 Å². The first kappa shape index (κ1) is 28.8. The van der Waals surface area contributed by atoms with Gasteiger partial charge in [0.2, 0.25) is 0 Å². The summed E-state index contributed by atoms with van der Waals surface area (Å²) in [5.41, 5.74) is -3.08. The van der Waals surface area contributed by atoms with E-state index < -0.39 is 44.7 Å². The summed E-state index contributed by atoms with van der Waals surface area (Å²) in [6, 6.07) is 2.04. The fraction of sp³-hybridized carbons (Fsp3) is 0.727. The van der Waals surface area contributed by atoms with E-state index in [1.165, 1.54) is 14.2 Å². The van der Waals surface area contributed by atoms with Gasteiger partial charge in [-0.15, -0.1) is 0 Å². The summed E-state index contributed by atoms with van der Waals surface area (Å²) in [6.45, 7) is 12.5. The third-order valence-corrected chi connectivity index (χ3v) is 12.8. The van der Waals surface area contributed by atoms with Crippen LogP contribution in [0.4, 0.5) is 0 Å². The van der Waals surface area contributed by atoms with Crippen molar-refractivity contribution in [3.8, 4) is 6.07 Å². The minimum Gasteiger partial charge on any atom is -0.469 e. The molecule has 216 valence electrons. The van der Waals surface area contributed by atoms with Gasteiger partial charge in [-0.25, -0.2) is 0 Å². The second kappa shape index (κ2) is 8.63. The molecule has 3 fully saturated rings. The molecule has 0 spiro atoms. The molecule has 0 N–H and O–H groups in total. The number of ether oxygens (including phenoxy) is 2. The van der Waals surface area contributed by atoms with Gasteiger partial charge < -0.3 is 9.47 Å². The molecule has 7 heteroatoms. The summed E-state index contributed by atoms with van der Waals surface area (Å²) in [5, 5.41) is 9.96. The van der Waals surface area contributed by atoms with Crippen LogP contribution in [0.1, 0.15) is 86.5 Å². The molecule has 5 aliphatic carbocycles. The van der Waals surface area contributed by atoms with Gasteiger partial charge in [-0.1, -0.05) is 46.3 Å². The van der Waals surface area contributed by atoms with Crippen LogP contribution in [0.25, 0.3) is 0 Å². The number of ketones is 2. The van der Waals surface area contributed by atoms with Crippen molar-refractivity contribution in [1.29, 1.82) is 5.26 Å². The number of nitriles is 1. The number of fused-ring (bicyclic) bond motifs is 7. The van der Waals surface area contributed by atoms with Crippen LogP contribution in [-0.4, -0.2) is 37.7 Å². The lowest BCUT2D eigenvalue weighted by Crippen LogP contribution is -2.66. The topological polar surface area (TPSA) is 111 Å². The number of methoxy groups -OCH3 is 2. The lowest BCUT2D eigenvalue weighted by molar-refractivity contribution is -0.191. The van der Waals surface area contributed by atoms with Gasteiger partial charge in [-0.2, -0.15) is 5.26 Å². The fourth-order valence-corrected chi connectivity index (χ4v) is 10.3. The minimum absolute atomic E-state index is 0.00570. The van der Waals surface area contributed by atoms with Crippen molar-refractivity contribution in [2.24, 2.45) is 50.2 Å². The normalized spacial score (nSPS) is 45.3. The number of hydrogen-bond acceptors (Lipinski definition) is 7. The SMILES string of the molecule is COC(=O)[C@]12CCC(C)(C)C[C@H]1[C@H]1C(=O)C=C3[C@@]4(C)C=C(C#N)C(=O)[C@](C)(C(=O)OC)[C@@H]4CC[C@@]3(C)[C@]1(C)CC2. The van der Waals surface area contributed by atoms with Crippen LogP contribution in [0, 0.1) is 61.6 Å². The van der Waals surface area contributed by atoms with E-state index >= 15 is 0 Å². The maximum absolute atomic E-state index is 14.5. The lowest BCUT2D eigenvalue weighted by atomic mass is 9.34. The highest BCUT2D eigenvalue weighted by Crippen LogP contribution is 2.74. The Morgan fingerprint density at radius 2 is 1.55 bits per heavy atom. The lowest BCUT2D eigenvalue weighted by Gasteiger charge is -2.68. The zero-order valence-corrected chi connectivity index (χ0v) is 25.2. The van der Waals surface area contributed by atoms with Crippen molar-refractivity contribution < 1.29 is 28.7 Å². The summed E-state index contributed by atoms with van der Waals surface area (Å²) in [7, 11) is 2.72. The molecule has 0 bridgehead atoms. The highest BCUT2D eigenvalue weighted by molar-refractivity contribution is 6.15. The van der Waals surface area contributed by atoms with E-state index in [1.807, 2.05) is 13.0 Å². The number of carbonyl (C=O) groups excluding carboxylic acids is 4. The summed E-state index contributed by atoms with van der Waals surface area (Å²) >= 11 is 0. The van der Waals surface area contributed by atoms with Gasteiger partial charge in [0.1, 0.15) is 11.5 Å². The summed E-state index contributed by atoms with van der Waals surface area (Å²) in [5.74, 6) is -2.26. The Balaban J connectivity index is 1.72. The Labute approximate surface area is 237 Å². The van der Waals surface area contributed by atoms with E-state index in [9.17, 15) is 24.4 Å². The number of carbonyl (C=O) groups is 4. The molecule has 0 saturated heterocycles.